The highest BCUT2D eigenvalue weighted by molar-refractivity contribution is 6.49. The second-order valence-corrected chi connectivity index (χ2v) is 5.01. The second-order valence-electron chi connectivity index (χ2n) is 5.01. The zero-order valence-corrected chi connectivity index (χ0v) is 12.6. The van der Waals surface area contributed by atoms with Gasteiger partial charge < -0.3 is 4.74 Å². The predicted molar refractivity (Wildman–Crippen MR) is 82.2 cm³/mol. The smallest absolute Gasteiger partial charge is 0.387 e. The lowest BCUT2D eigenvalue weighted by Gasteiger charge is -2.06. The van der Waals surface area contributed by atoms with E-state index in [-0.39, 0.29) is 11.3 Å². The van der Waals surface area contributed by atoms with Gasteiger partial charge in [-0.15, -0.1) is 0 Å². The topological polar surface area (TPSA) is 43.4 Å². The van der Waals surface area contributed by atoms with E-state index in [0.717, 1.165) is 18.4 Å². The van der Waals surface area contributed by atoms with Crippen LogP contribution in [0.5, 0.6) is 5.75 Å². The molecule has 2 aromatic rings. The molecule has 0 aliphatic carbocycles. The van der Waals surface area contributed by atoms with E-state index in [2.05, 4.69) is 4.74 Å². The maximum absolute atomic E-state index is 12.3. The van der Waals surface area contributed by atoms with E-state index in [1.165, 1.54) is 24.3 Å². The van der Waals surface area contributed by atoms with Crippen LogP contribution in [0.25, 0.3) is 0 Å². The molecule has 0 radical (unpaired) electrons. The van der Waals surface area contributed by atoms with Gasteiger partial charge in [0.25, 0.3) is 0 Å². The van der Waals surface area contributed by atoms with Crippen LogP contribution in [0.3, 0.4) is 0 Å². The minimum atomic E-state index is -2.93. The van der Waals surface area contributed by atoms with Gasteiger partial charge in [0.1, 0.15) is 5.75 Å². The number of benzene rings is 2. The first kappa shape index (κ1) is 16.8. The molecule has 0 unspecified atom stereocenters. The van der Waals surface area contributed by atoms with Gasteiger partial charge in [0, 0.05) is 11.1 Å². The zero-order chi connectivity index (χ0) is 16.8. The van der Waals surface area contributed by atoms with Crippen molar-refractivity contribution < 1.29 is 23.1 Å². The zero-order valence-electron chi connectivity index (χ0n) is 12.6. The van der Waals surface area contributed by atoms with Crippen molar-refractivity contribution in [1.29, 1.82) is 0 Å². The molecule has 0 bridgehead atoms. The molecule has 0 amide bonds. The summed E-state index contributed by atoms with van der Waals surface area (Å²) >= 11 is 0. The molecule has 2 rings (SSSR count). The number of carbonyl (C=O) groups excluding carboxylic acids is 2. The van der Waals surface area contributed by atoms with Crippen LogP contribution in [0.15, 0.2) is 48.5 Å². The van der Waals surface area contributed by atoms with Gasteiger partial charge in [-0.1, -0.05) is 31.5 Å². The maximum Gasteiger partial charge on any atom is 0.387 e. The second kappa shape index (κ2) is 7.63. The van der Waals surface area contributed by atoms with Gasteiger partial charge in [-0.25, -0.2) is 0 Å². The molecule has 120 valence electrons. The Bertz CT molecular complexity index is 694. The van der Waals surface area contributed by atoms with Gasteiger partial charge in [0.2, 0.25) is 11.6 Å². The van der Waals surface area contributed by atoms with Crippen molar-refractivity contribution in [2.24, 2.45) is 0 Å². The van der Waals surface area contributed by atoms with Crippen molar-refractivity contribution in [1.82, 2.24) is 0 Å². The largest absolute Gasteiger partial charge is 0.435 e. The molecule has 0 aromatic heterocycles. The summed E-state index contributed by atoms with van der Waals surface area (Å²) in [5.74, 6) is -1.36. The Morgan fingerprint density at radius 1 is 1.00 bits per heavy atom. The Hall–Kier alpha value is -2.56. The van der Waals surface area contributed by atoms with Gasteiger partial charge >= 0.3 is 6.61 Å². The molecule has 0 fully saturated rings. The molecular weight excluding hydrogens is 302 g/mol. The highest BCUT2D eigenvalue weighted by atomic mass is 19.3. The van der Waals surface area contributed by atoms with Crippen LogP contribution in [-0.4, -0.2) is 18.2 Å². The number of Topliss-reactive ketones (excluding diaryl/α,β-unsaturated/α-hetero) is 2. The molecular formula is C18H16F2O3. The van der Waals surface area contributed by atoms with E-state index in [9.17, 15) is 18.4 Å². The number of ether oxygens (including phenoxy) is 1. The molecule has 0 heterocycles. The number of carbonyl (C=O) groups is 2. The van der Waals surface area contributed by atoms with Crippen LogP contribution in [0, 0.1) is 0 Å². The average Bonchev–Trinajstić information content (AvgIpc) is 2.54. The summed E-state index contributed by atoms with van der Waals surface area (Å²) in [6, 6.07) is 12.0. The Morgan fingerprint density at radius 2 is 1.65 bits per heavy atom. The highest BCUT2D eigenvalue weighted by Gasteiger charge is 2.18. The van der Waals surface area contributed by atoms with E-state index >= 15 is 0 Å². The first-order chi connectivity index (χ1) is 11.0. The van der Waals surface area contributed by atoms with E-state index in [1.807, 2.05) is 13.0 Å². The quantitative estimate of drug-likeness (QED) is 0.564. The summed E-state index contributed by atoms with van der Waals surface area (Å²) in [6.07, 6.45) is 1.77. The lowest BCUT2D eigenvalue weighted by molar-refractivity contribution is -0.0498. The minimum Gasteiger partial charge on any atom is -0.435 e. The van der Waals surface area contributed by atoms with Crippen LogP contribution >= 0.6 is 0 Å². The fraction of sp³-hybridized carbons (Fsp3) is 0.222. The number of ketones is 2. The average molecular weight is 318 g/mol. The number of aryl methyl sites for hydroxylation is 1. The maximum atomic E-state index is 12.3. The Labute approximate surface area is 132 Å². The van der Waals surface area contributed by atoms with Crippen molar-refractivity contribution in [2.45, 2.75) is 26.4 Å². The summed E-state index contributed by atoms with van der Waals surface area (Å²) < 4.78 is 28.4. The standard InChI is InChI=1S/C18H16F2O3/c1-2-4-12-5-3-6-14(11-12)17(22)16(21)13-7-9-15(10-8-13)23-18(19)20/h3,5-11,18H,2,4H2,1H3. The molecule has 0 aliphatic rings. The van der Waals surface area contributed by atoms with Crippen LogP contribution < -0.4 is 4.74 Å². The number of rotatable bonds is 7. The van der Waals surface area contributed by atoms with Crippen molar-refractivity contribution in [3.8, 4) is 5.75 Å². The summed E-state index contributed by atoms with van der Waals surface area (Å²) in [5.41, 5.74) is 1.46. The van der Waals surface area contributed by atoms with Gasteiger partial charge in [-0.2, -0.15) is 8.78 Å². The van der Waals surface area contributed by atoms with Gasteiger partial charge in [0.15, 0.2) is 0 Å². The third-order valence-electron chi connectivity index (χ3n) is 3.28. The van der Waals surface area contributed by atoms with E-state index < -0.39 is 18.2 Å². The van der Waals surface area contributed by atoms with E-state index in [0.29, 0.717) is 5.56 Å². The molecule has 0 saturated carbocycles. The predicted octanol–water partition coefficient (Wildman–Crippen LogP) is 4.31. The van der Waals surface area contributed by atoms with Crippen LogP contribution in [0.4, 0.5) is 8.78 Å². The summed E-state index contributed by atoms with van der Waals surface area (Å²) in [6.45, 7) is -0.901. The van der Waals surface area contributed by atoms with Crippen LogP contribution in [-0.2, 0) is 6.42 Å². The molecule has 0 spiro atoms. The fourth-order valence-electron chi connectivity index (χ4n) is 2.21. The number of halogens is 2. The Kier molecular flexibility index (Phi) is 5.57. The monoisotopic (exact) mass is 318 g/mol. The van der Waals surface area contributed by atoms with Crippen LogP contribution in [0.1, 0.15) is 39.6 Å². The van der Waals surface area contributed by atoms with Crippen molar-refractivity contribution in [2.75, 3.05) is 0 Å². The fourth-order valence-corrected chi connectivity index (χ4v) is 2.21. The molecule has 5 heteroatoms. The lowest BCUT2D eigenvalue weighted by atomic mass is 9.99. The summed E-state index contributed by atoms with van der Waals surface area (Å²) in [4.78, 5) is 24.5. The molecule has 0 N–H and O–H groups in total. The van der Waals surface area contributed by atoms with Crippen molar-refractivity contribution >= 4 is 11.6 Å². The SMILES string of the molecule is CCCc1cccc(C(=O)C(=O)c2ccc(OC(F)F)cc2)c1. The molecule has 0 atom stereocenters. The Morgan fingerprint density at radius 3 is 2.26 bits per heavy atom. The molecule has 0 saturated heterocycles. The highest BCUT2D eigenvalue weighted by Crippen LogP contribution is 2.17. The van der Waals surface area contributed by atoms with Crippen molar-refractivity contribution in [3.63, 3.8) is 0 Å². The van der Waals surface area contributed by atoms with E-state index in [1.54, 1.807) is 18.2 Å². The molecule has 23 heavy (non-hydrogen) atoms. The summed E-state index contributed by atoms with van der Waals surface area (Å²) in [5, 5.41) is 0. The first-order valence-corrected chi connectivity index (χ1v) is 7.24. The number of hydrogen-bond acceptors (Lipinski definition) is 3. The molecule has 2 aromatic carbocycles. The van der Waals surface area contributed by atoms with E-state index in [4.69, 9.17) is 0 Å². The van der Waals surface area contributed by atoms with Crippen molar-refractivity contribution in [3.05, 3.63) is 65.2 Å². The molecule has 0 aliphatic heterocycles. The van der Waals surface area contributed by atoms with Gasteiger partial charge in [-0.05, 0) is 42.3 Å². The lowest BCUT2D eigenvalue weighted by Crippen LogP contribution is -2.14. The number of alkyl halides is 2. The minimum absolute atomic E-state index is 0.0612. The summed E-state index contributed by atoms with van der Waals surface area (Å²) in [7, 11) is 0. The normalized spacial score (nSPS) is 10.6. The number of hydrogen-bond donors (Lipinski definition) is 0. The Balaban J connectivity index is 2.16. The van der Waals surface area contributed by atoms with Gasteiger partial charge in [-0.3, -0.25) is 9.59 Å². The third kappa shape index (κ3) is 4.45. The van der Waals surface area contributed by atoms with Gasteiger partial charge in [0.05, 0.1) is 0 Å². The third-order valence-corrected chi connectivity index (χ3v) is 3.28. The molecule has 3 nitrogen and oxygen atoms in total. The van der Waals surface area contributed by atoms with Crippen LogP contribution in [0.2, 0.25) is 0 Å². The first-order valence-electron chi connectivity index (χ1n) is 7.24.